The van der Waals surface area contributed by atoms with Gasteiger partial charge in [-0.2, -0.15) is 5.26 Å². The maximum atomic E-state index is 8.71. The van der Waals surface area contributed by atoms with Crippen molar-refractivity contribution in [3.8, 4) is 6.07 Å². The van der Waals surface area contributed by atoms with E-state index in [1.54, 1.807) is 0 Å². The first-order valence-corrected chi connectivity index (χ1v) is 6.01. The zero-order valence-corrected chi connectivity index (χ0v) is 10.7. The summed E-state index contributed by atoms with van der Waals surface area (Å²) >= 11 is 3.55. The Labute approximate surface area is 109 Å². The highest BCUT2D eigenvalue weighted by Crippen LogP contribution is 2.23. The average molecular weight is 284 g/mol. The Morgan fingerprint density at radius 1 is 1.00 bits per heavy atom. The maximum Gasteiger partial charge on any atom is 0.0991 e. The van der Waals surface area contributed by atoms with Crippen LogP contribution in [0.1, 0.15) is 16.7 Å². The predicted octanol–water partition coefficient (Wildman–Crippen LogP) is 4.45. The van der Waals surface area contributed by atoms with Gasteiger partial charge in [-0.3, -0.25) is 0 Å². The minimum atomic E-state index is 0.679. The zero-order chi connectivity index (χ0) is 12.1. The molecular formula is C15H10BrN. The number of rotatable bonds is 2. The Balaban J connectivity index is 2.27. The van der Waals surface area contributed by atoms with Gasteiger partial charge in [0.15, 0.2) is 0 Å². The third-order valence-corrected chi connectivity index (χ3v) is 3.07. The van der Waals surface area contributed by atoms with Gasteiger partial charge in [-0.25, -0.2) is 0 Å². The Kier molecular flexibility index (Phi) is 3.74. The zero-order valence-electron chi connectivity index (χ0n) is 9.10. The smallest absolute Gasteiger partial charge is 0.0991 e. The van der Waals surface area contributed by atoms with Crippen LogP contribution in [0, 0.1) is 11.3 Å². The number of hydrogen-bond donors (Lipinski definition) is 0. The van der Waals surface area contributed by atoms with Crippen LogP contribution in [0.4, 0.5) is 0 Å². The third kappa shape index (κ3) is 3.05. The summed E-state index contributed by atoms with van der Waals surface area (Å²) in [6.07, 6.45) is 2.04. The van der Waals surface area contributed by atoms with Crippen molar-refractivity contribution in [2.24, 2.45) is 0 Å². The van der Waals surface area contributed by atoms with E-state index in [4.69, 9.17) is 5.26 Å². The quantitative estimate of drug-likeness (QED) is 0.747. The number of halogens is 1. The monoisotopic (exact) mass is 283 g/mol. The maximum absolute atomic E-state index is 8.71. The second-order valence-electron chi connectivity index (χ2n) is 3.59. The van der Waals surface area contributed by atoms with E-state index in [1.165, 1.54) is 0 Å². The van der Waals surface area contributed by atoms with E-state index in [0.29, 0.717) is 5.56 Å². The molecule has 0 heterocycles. The van der Waals surface area contributed by atoms with Crippen LogP contribution in [0.15, 0.2) is 54.6 Å². The molecule has 2 aromatic rings. The molecule has 1 nitrogen and oxygen atoms in total. The van der Waals surface area contributed by atoms with Crippen molar-refractivity contribution in [1.29, 1.82) is 5.26 Å². The molecule has 0 aliphatic heterocycles. The van der Waals surface area contributed by atoms with Gasteiger partial charge in [-0.1, -0.05) is 58.4 Å². The molecule has 2 heteroatoms. The van der Waals surface area contributed by atoms with E-state index in [1.807, 2.05) is 60.7 Å². The number of hydrogen-bond acceptors (Lipinski definition) is 1. The summed E-state index contributed by atoms with van der Waals surface area (Å²) in [5.41, 5.74) is 2.88. The van der Waals surface area contributed by atoms with Crippen LogP contribution in [0.3, 0.4) is 0 Å². The first kappa shape index (κ1) is 11.6. The molecule has 0 saturated heterocycles. The lowest BCUT2D eigenvalue weighted by molar-refractivity contribution is 1.48. The van der Waals surface area contributed by atoms with Gasteiger partial charge in [0.25, 0.3) is 0 Å². The molecule has 82 valence electrons. The molecule has 0 unspecified atom stereocenters. The summed E-state index contributed by atoms with van der Waals surface area (Å²) in [5.74, 6) is 0. The molecular weight excluding hydrogens is 274 g/mol. The molecule has 0 aliphatic carbocycles. The number of nitriles is 1. The lowest BCUT2D eigenvalue weighted by Crippen LogP contribution is -1.78. The topological polar surface area (TPSA) is 23.8 Å². The molecule has 0 atom stereocenters. The molecule has 0 aliphatic rings. The van der Waals surface area contributed by atoms with Crippen molar-refractivity contribution in [3.63, 3.8) is 0 Å². The van der Waals surface area contributed by atoms with Crippen molar-refractivity contribution in [2.45, 2.75) is 0 Å². The first-order chi connectivity index (χ1) is 8.29. The molecule has 2 aromatic carbocycles. The minimum Gasteiger partial charge on any atom is -0.192 e. The molecule has 0 bridgehead atoms. The Bertz CT molecular complexity index is 562. The summed E-state index contributed by atoms with van der Waals surface area (Å²) in [6, 6.07) is 19.7. The lowest BCUT2D eigenvalue weighted by Gasteiger charge is -1.99. The summed E-state index contributed by atoms with van der Waals surface area (Å²) in [7, 11) is 0. The van der Waals surface area contributed by atoms with Gasteiger partial charge in [-0.15, -0.1) is 0 Å². The number of nitrogens with zero attached hydrogens (tertiary/aromatic N) is 1. The van der Waals surface area contributed by atoms with Crippen molar-refractivity contribution >= 4 is 26.5 Å². The van der Waals surface area contributed by atoms with Gasteiger partial charge in [0.2, 0.25) is 0 Å². The molecule has 0 radical (unpaired) electrons. The number of benzene rings is 2. The van der Waals surface area contributed by atoms with E-state index < -0.39 is 0 Å². The standard InChI is InChI=1S/C15H10BrN/c16-15(14-4-2-1-3-5-14)10-12-6-8-13(11-17)9-7-12/h1-10H. The van der Waals surface area contributed by atoms with Crippen molar-refractivity contribution in [2.75, 3.05) is 0 Å². The van der Waals surface area contributed by atoms with Gasteiger partial charge >= 0.3 is 0 Å². The molecule has 0 saturated carbocycles. The molecule has 0 amide bonds. The Hall–Kier alpha value is -1.85. The second-order valence-corrected chi connectivity index (χ2v) is 4.45. The van der Waals surface area contributed by atoms with Crippen LogP contribution in [0.2, 0.25) is 0 Å². The summed E-state index contributed by atoms with van der Waals surface area (Å²) < 4.78 is 1.03. The summed E-state index contributed by atoms with van der Waals surface area (Å²) in [4.78, 5) is 0. The molecule has 0 N–H and O–H groups in total. The van der Waals surface area contributed by atoms with E-state index in [2.05, 4.69) is 22.0 Å². The van der Waals surface area contributed by atoms with Crippen LogP contribution >= 0.6 is 15.9 Å². The fraction of sp³-hybridized carbons (Fsp3) is 0. The Morgan fingerprint density at radius 3 is 2.24 bits per heavy atom. The van der Waals surface area contributed by atoms with Gasteiger partial charge < -0.3 is 0 Å². The van der Waals surface area contributed by atoms with Crippen LogP contribution in [0.25, 0.3) is 10.6 Å². The third-order valence-electron chi connectivity index (χ3n) is 2.38. The average Bonchev–Trinajstić information content (AvgIpc) is 2.40. The van der Waals surface area contributed by atoms with Gasteiger partial charge in [0.05, 0.1) is 11.6 Å². The van der Waals surface area contributed by atoms with Gasteiger partial charge in [-0.05, 0) is 29.3 Å². The van der Waals surface area contributed by atoms with E-state index in [0.717, 1.165) is 15.6 Å². The first-order valence-electron chi connectivity index (χ1n) is 5.22. The second kappa shape index (κ2) is 5.47. The van der Waals surface area contributed by atoms with Gasteiger partial charge in [0, 0.05) is 4.48 Å². The molecule has 0 aromatic heterocycles. The SMILES string of the molecule is N#Cc1ccc(C=C(Br)c2ccccc2)cc1. The minimum absolute atomic E-state index is 0.679. The normalized spacial score (nSPS) is 10.9. The highest BCUT2D eigenvalue weighted by atomic mass is 79.9. The van der Waals surface area contributed by atoms with Crippen LogP contribution in [0.5, 0.6) is 0 Å². The molecule has 0 fully saturated rings. The van der Waals surface area contributed by atoms with E-state index >= 15 is 0 Å². The fourth-order valence-electron chi connectivity index (χ4n) is 1.48. The van der Waals surface area contributed by atoms with Crippen molar-refractivity contribution in [1.82, 2.24) is 0 Å². The highest BCUT2D eigenvalue weighted by Gasteiger charge is 1.97. The summed E-state index contributed by atoms with van der Waals surface area (Å²) in [6.45, 7) is 0. The van der Waals surface area contributed by atoms with E-state index in [9.17, 15) is 0 Å². The highest BCUT2D eigenvalue weighted by molar-refractivity contribution is 9.15. The van der Waals surface area contributed by atoms with Crippen molar-refractivity contribution in [3.05, 3.63) is 71.3 Å². The lowest BCUT2D eigenvalue weighted by atomic mass is 10.1. The summed E-state index contributed by atoms with van der Waals surface area (Å²) in [5, 5.41) is 8.71. The Morgan fingerprint density at radius 2 is 1.65 bits per heavy atom. The van der Waals surface area contributed by atoms with Crippen LogP contribution in [-0.4, -0.2) is 0 Å². The molecule has 0 spiro atoms. The predicted molar refractivity (Wildman–Crippen MR) is 74.4 cm³/mol. The molecule has 2 rings (SSSR count). The van der Waals surface area contributed by atoms with Crippen molar-refractivity contribution < 1.29 is 0 Å². The van der Waals surface area contributed by atoms with E-state index in [-0.39, 0.29) is 0 Å². The van der Waals surface area contributed by atoms with Crippen LogP contribution in [-0.2, 0) is 0 Å². The fourth-order valence-corrected chi connectivity index (χ4v) is 2.01. The molecule has 17 heavy (non-hydrogen) atoms. The van der Waals surface area contributed by atoms with Crippen LogP contribution < -0.4 is 0 Å². The largest absolute Gasteiger partial charge is 0.192 e. The van der Waals surface area contributed by atoms with Gasteiger partial charge in [0.1, 0.15) is 0 Å².